The molecule has 0 bridgehead atoms. The summed E-state index contributed by atoms with van der Waals surface area (Å²) in [5, 5.41) is 0. The first kappa shape index (κ1) is 16.5. The van der Waals surface area contributed by atoms with Gasteiger partial charge in [0.2, 0.25) is 0 Å². The highest BCUT2D eigenvalue weighted by Gasteiger charge is 2.38. The van der Waals surface area contributed by atoms with Crippen LogP contribution in [0.5, 0.6) is 5.75 Å². The van der Waals surface area contributed by atoms with E-state index >= 15 is 0 Å². The molecule has 0 heterocycles. The monoisotopic (exact) mass is 289 g/mol. The summed E-state index contributed by atoms with van der Waals surface area (Å²) in [4.78, 5) is 14.3. The largest absolute Gasteiger partial charge is 0.573 e. The summed E-state index contributed by atoms with van der Waals surface area (Å²) in [5.41, 5.74) is -0.951. The van der Waals surface area contributed by atoms with E-state index in [0.29, 0.717) is 6.42 Å². The third-order valence-electron chi connectivity index (χ3n) is 3.52. The maximum absolute atomic E-state index is 12.6. The first-order valence-electron chi connectivity index (χ1n) is 6.19. The summed E-state index contributed by atoms with van der Waals surface area (Å²) >= 11 is 0. The Labute approximate surface area is 116 Å². The van der Waals surface area contributed by atoms with Gasteiger partial charge in [0.15, 0.2) is 5.78 Å². The Hall–Kier alpha value is -1.56. The van der Waals surface area contributed by atoms with E-state index in [1.807, 2.05) is 6.92 Å². The number of hydrogen-bond donors (Lipinski definition) is 0. The first-order chi connectivity index (χ1) is 9.12. The molecule has 0 aliphatic carbocycles. The average Bonchev–Trinajstić information content (AvgIpc) is 2.35. The molecule has 0 saturated heterocycles. The van der Waals surface area contributed by atoms with Crippen LogP contribution in [0.4, 0.5) is 13.2 Å². The highest BCUT2D eigenvalue weighted by Crippen LogP contribution is 2.31. The number of para-hydroxylation sites is 1. The Morgan fingerprint density at radius 3 is 2.25 bits per heavy atom. The van der Waals surface area contributed by atoms with Gasteiger partial charge in [-0.2, -0.15) is 0 Å². The van der Waals surface area contributed by atoms with Crippen LogP contribution in [0.2, 0.25) is 0 Å². The Balaban J connectivity index is 3.23. The normalized spacial score (nSPS) is 15.0. The van der Waals surface area contributed by atoms with Gasteiger partial charge in [0.1, 0.15) is 5.75 Å². The molecule has 20 heavy (non-hydrogen) atoms. The Kier molecular flexibility index (Phi) is 4.81. The minimum atomic E-state index is -4.82. The fourth-order valence-electron chi connectivity index (χ4n) is 1.84. The summed E-state index contributed by atoms with van der Waals surface area (Å²) in [6, 6.07) is 5.41. The van der Waals surface area contributed by atoms with E-state index < -0.39 is 23.4 Å². The number of carbonyl (C=O) groups is 1. The SMILES string of the molecule is CCC(C)(C(=O)c1ccccc1OC(F)(F)F)N(C)C. The van der Waals surface area contributed by atoms with Crippen molar-refractivity contribution in [1.29, 1.82) is 0 Å². The molecule has 1 rings (SSSR count). The zero-order valence-corrected chi connectivity index (χ0v) is 11.9. The van der Waals surface area contributed by atoms with Crippen molar-refractivity contribution in [3.8, 4) is 5.75 Å². The molecule has 3 nitrogen and oxygen atoms in total. The molecule has 112 valence electrons. The standard InChI is InChI=1S/C14H18F3NO2/c1-5-13(2,18(3)4)12(19)10-8-6-7-9-11(10)20-14(15,16)17/h6-9H,5H2,1-4H3. The fraction of sp³-hybridized carbons (Fsp3) is 0.500. The van der Waals surface area contributed by atoms with Gasteiger partial charge < -0.3 is 4.74 Å². The van der Waals surface area contributed by atoms with Gasteiger partial charge in [-0.3, -0.25) is 9.69 Å². The molecule has 0 N–H and O–H groups in total. The number of likely N-dealkylation sites (N-methyl/N-ethyl adjacent to an activating group) is 1. The quantitative estimate of drug-likeness (QED) is 0.777. The second kappa shape index (κ2) is 5.83. The predicted octanol–water partition coefficient (Wildman–Crippen LogP) is 3.50. The number of hydrogen-bond acceptors (Lipinski definition) is 3. The van der Waals surface area contributed by atoms with Crippen molar-refractivity contribution in [3.05, 3.63) is 29.8 Å². The number of rotatable bonds is 5. The van der Waals surface area contributed by atoms with Crippen LogP contribution in [0.25, 0.3) is 0 Å². The van der Waals surface area contributed by atoms with Crippen molar-refractivity contribution >= 4 is 5.78 Å². The third-order valence-corrected chi connectivity index (χ3v) is 3.52. The van der Waals surface area contributed by atoms with Crippen molar-refractivity contribution in [1.82, 2.24) is 4.90 Å². The van der Waals surface area contributed by atoms with E-state index in [1.54, 1.807) is 25.9 Å². The molecule has 0 radical (unpaired) electrons. The molecule has 0 aliphatic heterocycles. The highest BCUT2D eigenvalue weighted by atomic mass is 19.4. The van der Waals surface area contributed by atoms with Crippen LogP contribution in [-0.2, 0) is 0 Å². The van der Waals surface area contributed by atoms with Crippen LogP contribution < -0.4 is 4.74 Å². The van der Waals surface area contributed by atoms with Gasteiger partial charge in [0, 0.05) is 0 Å². The maximum atomic E-state index is 12.6. The third kappa shape index (κ3) is 3.50. The number of carbonyl (C=O) groups excluding carboxylic acids is 1. The summed E-state index contributed by atoms with van der Waals surface area (Å²) in [5.74, 6) is -0.864. The van der Waals surface area contributed by atoms with E-state index in [0.717, 1.165) is 6.07 Å². The van der Waals surface area contributed by atoms with Crippen molar-refractivity contribution in [2.24, 2.45) is 0 Å². The lowest BCUT2D eigenvalue weighted by molar-refractivity contribution is -0.274. The number of benzene rings is 1. The molecule has 1 unspecified atom stereocenters. The molecule has 1 aromatic rings. The zero-order chi connectivity index (χ0) is 15.6. The molecule has 0 saturated carbocycles. The van der Waals surface area contributed by atoms with E-state index in [1.165, 1.54) is 18.2 Å². The maximum Gasteiger partial charge on any atom is 0.573 e. The number of halogens is 3. The molecule has 0 spiro atoms. The minimum absolute atomic E-state index is 0.0668. The van der Waals surface area contributed by atoms with Gasteiger partial charge in [0.05, 0.1) is 11.1 Å². The highest BCUT2D eigenvalue weighted by molar-refractivity contribution is 6.05. The van der Waals surface area contributed by atoms with Crippen LogP contribution in [0.3, 0.4) is 0 Å². The molecule has 0 aliphatic rings. The summed E-state index contributed by atoms with van der Waals surface area (Å²) in [6.07, 6.45) is -4.35. The molecule has 0 aromatic heterocycles. The predicted molar refractivity (Wildman–Crippen MR) is 69.8 cm³/mol. The van der Waals surface area contributed by atoms with Crippen molar-refractivity contribution in [2.75, 3.05) is 14.1 Å². The van der Waals surface area contributed by atoms with Crippen molar-refractivity contribution in [3.63, 3.8) is 0 Å². The molecular formula is C14H18F3NO2. The molecule has 1 aromatic carbocycles. The second-order valence-corrected chi connectivity index (χ2v) is 4.89. The summed E-state index contributed by atoms with van der Waals surface area (Å²) in [7, 11) is 3.43. The number of Topliss-reactive ketones (excluding diaryl/α,β-unsaturated/α-hetero) is 1. The van der Waals surface area contributed by atoms with E-state index in [9.17, 15) is 18.0 Å². The van der Waals surface area contributed by atoms with Crippen molar-refractivity contribution < 1.29 is 22.7 Å². The zero-order valence-electron chi connectivity index (χ0n) is 11.9. The Bertz CT molecular complexity index is 486. The van der Waals surface area contributed by atoms with E-state index in [4.69, 9.17) is 0 Å². The van der Waals surface area contributed by atoms with E-state index in [2.05, 4.69) is 4.74 Å². The lowest BCUT2D eigenvalue weighted by Gasteiger charge is -2.34. The van der Waals surface area contributed by atoms with Crippen molar-refractivity contribution in [2.45, 2.75) is 32.2 Å². The molecule has 0 fully saturated rings. The van der Waals surface area contributed by atoms with Crippen LogP contribution in [0.1, 0.15) is 30.6 Å². The second-order valence-electron chi connectivity index (χ2n) is 4.89. The number of ether oxygens (including phenoxy) is 1. The topological polar surface area (TPSA) is 29.5 Å². The summed E-state index contributed by atoms with van der Waals surface area (Å²) in [6.45, 7) is 3.50. The van der Waals surface area contributed by atoms with Crippen LogP contribution in [0, 0.1) is 0 Å². The Morgan fingerprint density at radius 2 is 1.80 bits per heavy atom. The van der Waals surface area contributed by atoms with Gasteiger partial charge in [-0.15, -0.1) is 13.2 Å². The number of nitrogens with zero attached hydrogens (tertiary/aromatic N) is 1. The first-order valence-corrected chi connectivity index (χ1v) is 6.19. The fourth-order valence-corrected chi connectivity index (χ4v) is 1.84. The van der Waals surface area contributed by atoms with E-state index in [-0.39, 0.29) is 5.56 Å². The molecule has 6 heteroatoms. The summed E-state index contributed by atoms with van der Waals surface area (Å²) < 4.78 is 41.1. The van der Waals surface area contributed by atoms with Gasteiger partial charge in [0.25, 0.3) is 0 Å². The molecule has 0 amide bonds. The number of alkyl halides is 3. The van der Waals surface area contributed by atoms with Crippen LogP contribution in [-0.4, -0.2) is 36.7 Å². The van der Waals surface area contributed by atoms with Gasteiger partial charge in [-0.05, 0) is 39.6 Å². The number of ketones is 1. The molecular weight excluding hydrogens is 271 g/mol. The van der Waals surface area contributed by atoms with Gasteiger partial charge in [-0.25, -0.2) is 0 Å². The molecule has 1 atom stereocenters. The minimum Gasteiger partial charge on any atom is -0.405 e. The Morgan fingerprint density at radius 1 is 1.25 bits per heavy atom. The van der Waals surface area contributed by atoms with Gasteiger partial charge >= 0.3 is 6.36 Å². The van der Waals surface area contributed by atoms with Gasteiger partial charge in [-0.1, -0.05) is 19.1 Å². The van der Waals surface area contributed by atoms with Crippen LogP contribution >= 0.6 is 0 Å². The lowest BCUT2D eigenvalue weighted by Crippen LogP contribution is -2.48. The average molecular weight is 289 g/mol. The lowest BCUT2D eigenvalue weighted by atomic mass is 9.87. The smallest absolute Gasteiger partial charge is 0.405 e. The van der Waals surface area contributed by atoms with Crippen LogP contribution in [0.15, 0.2) is 24.3 Å².